The molecule has 0 amide bonds. The Labute approximate surface area is 97.8 Å². The van der Waals surface area contributed by atoms with Gasteiger partial charge in [-0.2, -0.15) is 0 Å². The van der Waals surface area contributed by atoms with Crippen molar-refractivity contribution < 1.29 is 9.90 Å². The Balaban J connectivity index is 1.99. The van der Waals surface area contributed by atoms with E-state index >= 15 is 0 Å². The third-order valence-corrected chi connectivity index (χ3v) is 4.23. The lowest BCUT2D eigenvalue weighted by Gasteiger charge is -2.40. The number of hydrogen-bond donors (Lipinski definition) is 1. The Morgan fingerprint density at radius 2 is 1.81 bits per heavy atom. The van der Waals surface area contributed by atoms with Crippen LogP contribution in [0.25, 0.3) is 0 Å². The van der Waals surface area contributed by atoms with E-state index in [1.165, 1.54) is 6.42 Å². The van der Waals surface area contributed by atoms with Crippen molar-refractivity contribution in [1.29, 1.82) is 0 Å². The number of carbonyl (C=O) groups excluding carboxylic acids is 1. The first-order chi connectivity index (χ1) is 7.70. The highest BCUT2D eigenvalue weighted by Gasteiger charge is 2.34. The van der Waals surface area contributed by atoms with Gasteiger partial charge in [0.1, 0.15) is 5.78 Å². The van der Waals surface area contributed by atoms with Crippen molar-refractivity contribution in [3.63, 3.8) is 0 Å². The van der Waals surface area contributed by atoms with Gasteiger partial charge in [-0.3, -0.25) is 9.69 Å². The molecule has 0 aliphatic heterocycles. The fourth-order valence-electron chi connectivity index (χ4n) is 3.19. The van der Waals surface area contributed by atoms with E-state index in [2.05, 4.69) is 4.90 Å². The van der Waals surface area contributed by atoms with Crippen molar-refractivity contribution in [2.75, 3.05) is 7.05 Å². The van der Waals surface area contributed by atoms with Gasteiger partial charge < -0.3 is 5.11 Å². The maximum absolute atomic E-state index is 11.9. The van der Waals surface area contributed by atoms with E-state index in [0.717, 1.165) is 44.9 Å². The van der Waals surface area contributed by atoms with Crippen LogP contribution in [0.3, 0.4) is 0 Å². The van der Waals surface area contributed by atoms with E-state index in [9.17, 15) is 9.90 Å². The minimum Gasteiger partial charge on any atom is -0.391 e. The Kier molecular flexibility index (Phi) is 3.98. The summed E-state index contributed by atoms with van der Waals surface area (Å²) in [5, 5.41) is 10.0. The Morgan fingerprint density at radius 1 is 1.12 bits per heavy atom. The molecule has 0 aromatic carbocycles. The first kappa shape index (κ1) is 12.1. The van der Waals surface area contributed by atoms with Crippen LogP contribution < -0.4 is 0 Å². The second-order valence-electron chi connectivity index (χ2n) is 5.31. The van der Waals surface area contributed by atoms with Gasteiger partial charge >= 0.3 is 0 Å². The molecule has 2 saturated carbocycles. The molecule has 0 spiro atoms. The minimum atomic E-state index is -0.228. The number of hydrogen-bond acceptors (Lipinski definition) is 3. The molecule has 2 fully saturated rings. The molecule has 92 valence electrons. The van der Waals surface area contributed by atoms with Gasteiger partial charge in [0.2, 0.25) is 0 Å². The summed E-state index contributed by atoms with van der Waals surface area (Å²) >= 11 is 0. The van der Waals surface area contributed by atoms with E-state index in [1.807, 2.05) is 7.05 Å². The summed E-state index contributed by atoms with van der Waals surface area (Å²) in [6, 6.07) is 0.285. The van der Waals surface area contributed by atoms with Crippen LogP contribution >= 0.6 is 0 Å². The van der Waals surface area contributed by atoms with E-state index in [4.69, 9.17) is 0 Å². The molecule has 0 bridgehead atoms. The van der Waals surface area contributed by atoms with Gasteiger partial charge in [0.05, 0.1) is 12.1 Å². The smallest absolute Gasteiger partial charge is 0.149 e. The Bertz CT molecular complexity index is 254. The van der Waals surface area contributed by atoms with Crippen LogP contribution in [0.15, 0.2) is 0 Å². The first-order valence-corrected chi connectivity index (χ1v) is 6.63. The highest BCUT2D eigenvalue weighted by atomic mass is 16.3. The summed E-state index contributed by atoms with van der Waals surface area (Å²) < 4.78 is 0. The summed E-state index contributed by atoms with van der Waals surface area (Å²) in [5.41, 5.74) is 0. The van der Waals surface area contributed by atoms with Crippen LogP contribution in [0.4, 0.5) is 0 Å². The topological polar surface area (TPSA) is 40.5 Å². The van der Waals surface area contributed by atoms with Crippen LogP contribution in [-0.2, 0) is 4.79 Å². The molecule has 0 aromatic heterocycles. The van der Waals surface area contributed by atoms with Crippen molar-refractivity contribution in [1.82, 2.24) is 4.90 Å². The van der Waals surface area contributed by atoms with E-state index in [1.54, 1.807) is 0 Å². The van der Waals surface area contributed by atoms with Crippen LogP contribution in [0.5, 0.6) is 0 Å². The number of aliphatic hydroxyl groups is 1. The number of aliphatic hydroxyl groups excluding tert-OH is 1. The Hall–Kier alpha value is -0.410. The van der Waals surface area contributed by atoms with Crippen molar-refractivity contribution in [3.05, 3.63) is 0 Å². The largest absolute Gasteiger partial charge is 0.391 e. The van der Waals surface area contributed by atoms with Crippen LogP contribution in [0, 0.1) is 0 Å². The lowest BCUT2D eigenvalue weighted by atomic mass is 9.87. The minimum absolute atomic E-state index is 0.0755. The third-order valence-electron chi connectivity index (χ3n) is 4.23. The SMILES string of the molecule is CN(C1CCCCC1=O)C1CCCCC1O. The monoisotopic (exact) mass is 225 g/mol. The lowest BCUT2D eigenvalue weighted by Crippen LogP contribution is -2.51. The average Bonchev–Trinajstić information content (AvgIpc) is 2.29. The number of rotatable bonds is 2. The van der Waals surface area contributed by atoms with Crippen molar-refractivity contribution in [3.8, 4) is 0 Å². The van der Waals surface area contributed by atoms with Gasteiger partial charge in [0.15, 0.2) is 0 Å². The molecule has 0 radical (unpaired) electrons. The van der Waals surface area contributed by atoms with E-state index in [-0.39, 0.29) is 18.2 Å². The Morgan fingerprint density at radius 3 is 2.50 bits per heavy atom. The van der Waals surface area contributed by atoms with Gasteiger partial charge in [-0.15, -0.1) is 0 Å². The van der Waals surface area contributed by atoms with E-state index < -0.39 is 0 Å². The predicted octanol–water partition coefficient (Wildman–Crippen LogP) is 1.73. The zero-order valence-electron chi connectivity index (χ0n) is 10.2. The molecule has 3 unspecified atom stereocenters. The average molecular weight is 225 g/mol. The summed E-state index contributed by atoms with van der Waals surface area (Å²) in [6.07, 6.45) is 7.96. The second-order valence-corrected chi connectivity index (χ2v) is 5.31. The molecule has 3 heteroatoms. The summed E-state index contributed by atoms with van der Waals surface area (Å²) in [5.74, 6) is 0.381. The number of nitrogens with zero attached hydrogens (tertiary/aromatic N) is 1. The van der Waals surface area contributed by atoms with Gasteiger partial charge in [-0.1, -0.05) is 19.3 Å². The lowest BCUT2D eigenvalue weighted by molar-refractivity contribution is -0.128. The van der Waals surface area contributed by atoms with Crippen LogP contribution in [-0.4, -0.2) is 41.0 Å². The van der Waals surface area contributed by atoms with Gasteiger partial charge in [0, 0.05) is 12.5 Å². The zero-order chi connectivity index (χ0) is 11.5. The summed E-state index contributed by atoms with van der Waals surface area (Å²) in [6.45, 7) is 0. The maximum Gasteiger partial charge on any atom is 0.149 e. The maximum atomic E-state index is 11.9. The normalized spacial score (nSPS) is 36.7. The third kappa shape index (κ3) is 2.46. The number of ketones is 1. The molecule has 1 N–H and O–H groups in total. The number of carbonyl (C=O) groups is 1. The molecular weight excluding hydrogens is 202 g/mol. The molecule has 2 rings (SSSR count). The van der Waals surface area contributed by atoms with Crippen molar-refractivity contribution in [2.45, 2.75) is 69.6 Å². The molecule has 16 heavy (non-hydrogen) atoms. The molecular formula is C13H23NO2. The standard InChI is InChI=1S/C13H23NO2/c1-14(10-6-2-4-8-12(10)15)11-7-3-5-9-13(11)16/h10-12,15H,2-9H2,1H3. The number of likely N-dealkylation sites (N-methyl/N-ethyl adjacent to an activating group) is 1. The molecule has 2 aliphatic carbocycles. The second kappa shape index (κ2) is 5.28. The zero-order valence-corrected chi connectivity index (χ0v) is 10.2. The van der Waals surface area contributed by atoms with Gasteiger partial charge in [-0.25, -0.2) is 0 Å². The molecule has 0 aromatic rings. The van der Waals surface area contributed by atoms with Crippen LogP contribution in [0.1, 0.15) is 51.4 Å². The van der Waals surface area contributed by atoms with Crippen LogP contribution in [0.2, 0.25) is 0 Å². The predicted molar refractivity (Wildman–Crippen MR) is 63.3 cm³/mol. The molecule has 3 nitrogen and oxygen atoms in total. The molecule has 3 atom stereocenters. The van der Waals surface area contributed by atoms with Crippen molar-refractivity contribution in [2.24, 2.45) is 0 Å². The highest BCUT2D eigenvalue weighted by molar-refractivity contribution is 5.84. The highest BCUT2D eigenvalue weighted by Crippen LogP contribution is 2.27. The first-order valence-electron chi connectivity index (χ1n) is 6.63. The fourth-order valence-corrected chi connectivity index (χ4v) is 3.19. The molecule has 0 heterocycles. The van der Waals surface area contributed by atoms with Gasteiger partial charge in [-0.05, 0) is 32.7 Å². The summed E-state index contributed by atoms with van der Waals surface area (Å²) in [4.78, 5) is 14.0. The van der Waals surface area contributed by atoms with Crippen molar-refractivity contribution >= 4 is 5.78 Å². The quantitative estimate of drug-likeness (QED) is 0.778. The molecule has 2 aliphatic rings. The van der Waals surface area contributed by atoms with Gasteiger partial charge in [0.25, 0.3) is 0 Å². The fraction of sp³-hybridized carbons (Fsp3) is 0.923. The summed E-state index contributed by atoms with van der Waals surface area (Å²) in [7, 11) is 2.02. The van der Waals surface area contributed by atoms with E-state index in [0.29, 0.717) is 5.78 Å². The molecule has 0 saturated heterocycles. The number of Topliss-reactive ketones (excluding diaryl/α,β-unsaturated/α-hetero) is 1.